The first-order valence-electron chi connectivity index (χ1n) is 7.91. The van der Waals surface area contributed by atoms with Crippen molar-refractivity contribution in [2.75, 3.05) is 19.6 Å². The zero-order valence-corrected chi connectivity index (χ0v) is 12.3. The highest BCUT2D eigenvalue weighted by Gasteiger charge is 2.20. The quantitative estimate of drug-likeness (QED) is 0.753. The number of hydrogen-bond acceptors (Lipinski definition) is 2. The van der Waals surface area contributed by atoms with Crippen molar-refractivity contribution in [2.45, 2.75) is 70.9 Å². The summed E-state index contributed by atoms with van der Waals surface area (Å²) in [4.78, 5) is 2.60. The maximum atomic E-state index is 3.76. The molecule has 0 amide bonds. The van der Waals surface area contributed by atoms with Crippen LogP contribution in [0.2, 0.25) is 0 Å². The van der Waals surface area contributed by atoms with Crippen LogP contribution in [0.4, 0.5) is 0 Å². The van der Waals surface area contributed by atoms with Gasteiger partial charge < -0.3 is 10.2 Å². The molecule has 0 bridgehead atoms. The van der Waals surface area contributed by atoms with Crippen molar-refractivity contribution in [1.82, 2.24) is 10.2 Å². The Morgan fingerprint density at radius 2 is 2.06 bits per heavy atom. The van der Waals surface area contributed by atoms with Crippen molar-refractivity contribution in [1.29, 1.82) is 0 Å². The van der Waals surface area contributed by atoms with Gasteiger partial charge in [0.1, 0.15) is 0 Å². The van der Waals surface area contributed by atoms with E-state index in [9.17, 15) is 0 Å². The first kappa shape index (κ1) is 14.1. The van der Waals surface area contributed by atoms with Crippen LogP contribution in [0.15, 0.2) is 11.6 Å². The number of piperidine rings is 1. The van der Waals surface area contributed by atoms with Crippen LogP contribution in [0.3, 0.4) is 0 Å². The van der Waals surface area contributed by atoms with Crippen LogP contribution in [0.1, 0.15) is 58.8 Å². The topological polar surface area (TPSA) is 15.3 Å². The summed E-state index contributed by atoms with van der Waals surface area (Å²) >= 11 is 0. The van der Waals surface area contributed by atoms with Gasteiger partial charge in [0, 0.05) is 12.1 Å². The lowest BCUT2D eigenvalue weighted by Crippen LogP contribution is -2.45. The fraction of sp³-hybridized carbons (Fsp3) is 0.875. The lowest BCUT2D eigenvalue weighted by atomic mass is 9.97. The van der Waals surface area contributed by atoms with Crippen molar-refractivity contribution in [2.24, 2.45) is 0 Å². The van der Waals surface area contributed by atoms with E-state index < -0.39 is 0 Å². The summed E-state index contributed by atoms with van der Waals surface area (Å²) in [5.74, 6) is 0. The third kappa shape index (κ3) is 4.40. The minimum absolute atomic E-state index is 0.721. The molecular formula is C16H30N2. The summed E-state index contributed by atoms with van der Waals surface area (Å²) in [7, 11) is 0. The van der Waals surface area contributed by atoms with Gasteiger partial charge in [-0.2, -0.15) is 0 Å². The number of likely N-dealkylation sites (tertiary alicyclic amines) is 1. The Morgan fingerprint density at radius 1 is 1.28 bits per heavy atom. The molecule has 0 aromatic heterocycles. The maximum absolute atomic E-state index is 3.76. The van der Waals surface area contributed by atoms with Crippen molar-refractivity contribution < 1.29 is 0 Å². The van der Waals surface area contributed by atoms with Crippen LogP contribution in [-0.2, 0) is 0 Å². The van der Waals surface area contributed by atoms with Gasteiger partial charge >= 0.3 is 0 Å². The second-order valence-corrected chi connectivity index (χ2v) is 6.22. The molecule has 0 radical (unpaired) electrons. The Morgan fingerprint density at radius 3 is 2.67 bits per heavy atom. The fourth-order valence-corrected chi connectivity index (χ4v) is 3.19. The SMILES string of the molecule is CC(C)N1CCC(NCCC2=CCCCC2)CC1. The van der Waals surface area contributed by atoms with Gasteiger partial charge in [0.25, 0.3) is 0 Å². The standard InChI is InChI=1S/C16H30N2/c1-14(2)18-12-9-16(10-13-18)17-11-8-15-6-4-3-5-7-15/h6,14,16-17H,3-5,7-13H2,1-2H3. The van der Waals surface area contributed by atoms with Crippen LogP contribution in [0, 0.1) is 0 Å². The lowest BCUT2D eigenvalue weighted by Gasteiger charge is -2.35. The molecular weight excluding hydrogens is 220 g/mol. The van der Waals surface area contributed by atoms with E-state index in [-0.39, 0.29) is 0 Å². The number of nitrogens with one attached hydrogen (secondary N) is 1. The number of nitrogens with zero attached hydrogens (tertiary/aromatic N) is 1. The Labute approximate surface area is 113 Å². The average Bonchev–Trinajstić information content (AvgIpc) is 2.40. The molecule has 0 aromatic carbocycles. The Kier molecular flexibility index (Phi) is 5.71. The first-order valence-corrected chi connectivity index (χ1v) is 7.91. The summed E-state index contributed by atoms with van der Waals surface area (Å²) in [5.41, 5.74) is 1.70. The molecule has 0 aromatic rings. The molecule has 18 heavy (non-hydrogen) atoms. The smallest absolute Gasteiger partial charge is 0.00915 e. The number of allylic oxidation sites excluding steroid dienone is 1. The zero-order chi connectivity index (χ0) is 12.8. The van der Waals surface area contributed by atoms with E-state index in [1.54, 1.807) is 5.57 Å². The van der Waals surface area contributed by atoms with Crippen LogP contribution < -0.4 is 5.32 Å². The molecule has 1 saturated heterocycles. The highest BCUT2D eigenvalue weighted by atomic mass is 15.2. The maximum Gasteiger partial charge on any atom is 0.00915 e. The van der Waals surface area contributed by atoms with E-state index in [4.69, 9.17) is 0 Å². The minimum atomic E-state index is 0.721. The Balaban J connectivity index is 1.59. The Hall–Kier alpha value is -0.340. The van der Waals surface area contributed by atoms with Gasteiger partial charge in [-0.15, -0.1) is 0 Å². The molecule has 1 heterocycles. The third-order valence-electron chi connectivity index (χ3n) is 4.52. The second kappa shape index (κ2) is 7.30. The van der Waals surface area contributed by atoms with Crippen molar-refractivity contribution in [3.8, 4) is 0 Å². The first-order chi connectivity index (χ1) is 8.75. The summed E-state index contributed by atoms with van der Waals surface area (Å²) in [6.45, 7) is 8.36. The summed E-state index contributed by atoms with van der Waals surface area (Å²) in [5, 5.41) is 3.76. The molecule has 2 nitrogen and oxygen atoms in total. The number of hydrogen-bond donors (Lipinski definition) is 1. The van der Waals surface area contributed by atoms with Gasteiger partial charge in [-0.25, -0.2) is 0 Å². The molecule has 0 atom stereocenters. The van der Waals surface area contributed by atoms with Crippen molar-refractivity contribution >= 4 is 0 Å². The lowest BCUT2D eigenvalue weighted by molar-refractivity contribution is 0.161. The van der Waals surface area contributed by atoms with E-state index in [1.807, 2.05) is 0 Å². The van der Waals surface area contributed by atoms with E-state index in [0.29, 0.717) is 0 Å². The molecule has 104 valence electrons. The van der Waals surface area contributed by atoms with Crippen molar-refractivity contribution in [3.05, 3.63) is 11.6 Å². The van der Waals surface area contributed by atoms with E-state index in [2.05, 4.69) is 30.1 Å². The largest absolute Gasteiger partial charge is 0.314 e. The average molecular weight is 250 g/mol. The second-order valence-electron chi connectivity index (χ2n) is 6.22. The summed E-state index contributed by atoms with van der Waals surface area (Å²) in [6.07, 6.45) is 11.9. The molecule has 0 saturated carbocycles. The Bertz CT molecular complexity index is 262. The molecule has 1 aliphatic carbocycles. The molecule has 2 aliphatic rings. The molecule has 0 unspecified atom stereocenters. The van der Waals surface area contributed by atoms with Crippen LogP contribution in [0.25, 0.3) is 0 Å². The van der Waals surface area contributed by atoms with E-state index in [0.717, 1.165) is 12.1 Å². The van der Waals surface area contributed by atoms with Crippen LogP contribution in [-0.4, -0.2) is 36.6 Å². The summed E-state index contributed by atoms with van der Waals surface area (Å²) < 4.78 is 0. The predicted molar refractivity (Wildman–Crippen MR) is 78.9 cm³/mol. The highest BCUT2D eigenvalue weighted by Crippen LogP contribution is 2.20. The van der Waals surface area contributed by atoms with Crippen molar-refractivity contribution in [3.63, 3.8) is 0 Å². The normalized spacial score (nSPS) is 23.4. The highest BCUT2D eigenvalue weighted by molar-refractivity contribution is 5.05. The number of rotatable bonds is 5. The third-order valence-corrected chi connectivity index (χ3v) is 4.52. The summed E-state index contributed by atoms with van der Waals surface area (Å²) in [6, 6.07) is 1.49. The predicted octanol–water partition coefficient (Wildman–Crippen LogP) is 3.34. The van der Waals surface area contributed by atoms with Gasteiger partial charge in [0.05, 0.1) is 0 Å². The monoisotopic (exact) mass is 250 g/mol. The minimum Gasteiger partial charge on any atom is -0.314 e. The van der Waals surface area contributed by atoms with Gasteiger partial charge in [0.15, 0.2) is 0 Å². The van der Waals surface area contributed by atoms with E-state index in [1.165, 1.54) is 64.6 Å². The van der Waals surface area contributed by atoms with Gasteiger partial charge in [-0.3, -0.25) is 0 Å². The van der Waals surface area contributed by atoms with Gasteiger partial charge in [-0.1, -0.05) is 11.6 Å². The molecule has 1 fully saturated rings. The molecule has 1 aliphatic heterocycles. The molecule has 2 rings (SSSR count). The van der Waals surface area contributed by atoms with Gasteiger partial charge in [-0.05, 0) is 78.4 Å². The molecule has 1 N–H and O–H groups in total. The fourth-order valence-electron chi connectivity index (χ4n) is 3.19. The zero-order valence-electron chi connectivity index (χ0n) is 12.3. The van der Waals surface area contributed by atoms with Crippen LogP contribution >= 0.6 is 0 Å². The van der Waals surface area contributed by atoms with E-state index >= 15 is 0 Å². The van der Waals surface area contributed by atoms with Gasteiger partial charge in [0.2, 0.25) is 0 Å². The molecule has 2 heteroatoms. The van der Waals surface area contributed by atoms with Crippen LogP contribution in [0.5, 0.6) is 0 Å². The molecule has 0 spiro atoms.